The molecule has 8 heteroatoms. The number of halogens is 1. The van der Waals surface area contributed by atoms with E-state index in [1.165, 1.54) is 18.2 Å². The number of hydrogen-bond donors (Lipinski definition) is 2. The molecule has 0 aromatic heterocycles. The van der Waals surface area contributed by atoms with E-state index in [4.69, 9.17) is 21.4 Å². The summed E-state index contributed by atoms with van der Waals surface area (Å²) < 4.78 is 5.64. The maximum Gasteiger partial charge on any atom is 0.337 e. The number of aromatic carboxylic acids is 1. The normalized spacial score (nSPS) is 33.4. The van der Waals surface area contributed by atoms with Crippen LogP contribution >= 0.6 is 11.6 Å². The van der Waals surface area contributed by atoms with Crippen molar-refractivity contribution in [2.75, 3.05) is 11.5 Å². The average Bonchev–Trinajstić information content (AvgIpc) is 3.19. The third-order valence-corrected chi connectivity index (χ3v) is 5.17. The summed E-state index contributed by atoms with van der Waals surface area (Å²) >= 11 is 5.84. The molecular formula is C16H12ClNO6. The Labute approximate surface area is 141 Å². The zero-order valence-electron chi connectivity index (χ0n) is 12.2. The van der Waals surface area contributed by atoms with Gasteiger partial charge in [-0.1, -0.05) is 23.8 Å². The molecule has 0 radical (unpaired) electrons. The van der Waals surface area contributed by atoms with Gasteiger partial charge in [0.2, 0.25) is 11.8 Å². The van der Waals surface area contributed by atoms with Gasteiger partial charge in [-0.25, -0.2) is 9.69 Å². The van der Waals surface area contributed by atoms with Crippen LogP contribution in [0, 0.1) is 11.8 Å². The van der Waals surface area contributed by atoms with Crippen LogP contribution in [-0.2, 0) is 14.3 Å². The Bertz CT molecular complexity index is 821. The van der Waals surface area contributed by atoms with E-state index in [0.717, 1.165) is 4.90 Å². The number of anilines is 1. The van der Waals surface area contributed by atoms with E-state index < -0.39 is 47.9 Å². The minimum atomic E-state index is -1.25. The molecule has 1 aromatic carbocycles. The van der Waals surface area contributed by atoms with Crippen molar-refractivity contribution in [2.45, 2.75) is 11.7 Å². The quantitative estimate of drug-likeness (QED) is 0.619. The van der Waals surface area contributed by atoms with Gasteiger partial charge in [0.15, 0.2) is 0 Å². The van der Waals surface area contributed by atoms with E-state index in [1.807, 2.05) is 0 Å². The number of fused-ring (bicyclic) bond motifs is 5. The summed E-state index contributed by atoms with van der Waals surface area (Å²) in [6.07, 6.45) is 2.74. The summed E-state index contributed by atoms with van der Waals surface area (Å²) in [6, 6.07) is 3.96. The molecule has 3 aliphatic heterocycles. The maximum atomic E-state index is 12.8. The van der Waals surface area contributed by atoms with E-state index >= 15 is 0 Å². The first-order valence-electron chi connectivity index (χ1n) is 7.28. The molecule has 0 spiro atoms. The highest BCUT2D eigenvalue weighted by atomic mass is 35.5. The molecule has 2 N–H and O–H groups in total. The van der Waals surface area contributed by atoms with Crippen LogP contribution in [0.25, 0.3) is 0 Å². The maximum absolute atomic E-state index is 12.8. The Morgan fingerprint density at radius 3 is 2.75 bits per heavy atom. The smallest absolute Gasteiger partial charge is 0.337 e. The number of carboxylic acid groups (broad SMARTS) is 1. The molecular weight excluding hydrogens is 338 g/mol. The van der Waals surface area contributed by atoms with Gasteiger partial charge in [0.05, 0.1) is 40.8 Å². The van der Waals surface area contributed by atoms with Gasteiger partial charge in [-0.3, -0.25) is 9.59 Å². The van der Waals surface area contributed by atoms with Crippen molar-refractivity contribution in [1.82, 2.24) is 0 Å². The second-order valence-electron chi connectivity index (χ2n) is 6.04. The number of carboxylic acids is 1. The number of carbonyl (C=O) groups is 3. The van der Waals surface area contributed by atoms with Gasteiger partial charge in [-0.2, -0.15) is 0 Å². The molecule has 24 heavy (non-hydrogen) atoms. The topological polar surface area (TPSA) is 104 Å². The van der Waals surface area contributed by atoms with Crippen molar-refractivity contribution in [1.29, 1.82) is 0 Å². The van der Waals surface area contributed by atoms with Crippen molar-refractivity contribution in [3.8, 4) is 0 Å². The van der Waals surface area contributed by atoms with E-state index in [9.17, 15) is 19.5 Å². The summed E-state index contributed by atoms with van der Waals surface area (Å²) in [7, 11) is 0. The number of imide groups is 1. The van der Waals surface area contributed by atoms with Gasteiger partial charge in [-0.05, 0) is 18.2 Å². The summed E-state index contributed by atoms with van der Waals surface area (Å²) in [5, 5.41) is 18.8. The molecule has 1 aromatic rings. The van der Waals surface area contributed by atoms with Crippen molar-refractivity contribution in [3.05, 3.63) is 40.9 Å². The molecule has 0 unspecified atom stereocenters. The number of hydrogen-bond acceptors (Lipinski definition) is 5. The number of carbonyl (C=O) groups excluding carboxylic acids is 2. The largest absolute Gasteiger partial charge is 0.478 e. The molecule has 4 atom stereocenters. The molecule has 2 fully saturated rings. The van der Waals surface area contributed by atoms with Gasteiger partial charge in [0.1, 0.15) is 5.60 Å². The Balaban J connectivity index is 1.77. The second-order valence-corrected chi connectivity index (χ2v) is 6.45. The highest BCUT2D eigenvalue weighted by Crippen LogP contribution is 2.52. The molecule has 0 saturated carbocycles. The molecule has 0 aliphatic carbocycles. The van der Waals surface area contributed by atoms with Gasteiger partial charge in [0.25, 0.3) is 0 Å². The fraction of sp³-hybridized carbons (Fsp3) is 0.312. The number of aliphatic hydroxyl groups is 1. The second kappa shape index (κ2) is 4.89. The number of ether oxygens (including phenoxy) is 1. The summed E-state index contributed by atoms with van der Waals surface area (Å²) in [6.45, 7) is -0.408. The van der Waals surface area contributed by atoms with Crippen LogP contribution in [0.1, 0.15) is 10.4 Å². The molecule has 3 heterocycles. The van der Waals surface area contributed by atoms with Gasteiger partial charge in [0, 0.05) is 0 Å². The zero-order valence-corrected chi connectivity index (χ0v) is 12.9. The fourth-order valence-electron chi connectivity index (χ4n) is 3.75. The minimum Gasteiger partial charge on any atom is -0.478 e. The monoisotopic (exact) mass is 349 g/mol. The van der Waals surface area contributed by atoms with E-state index in [-0.39, 0.29) is 16.3 Å². The standard InChI is InChI=1S/C16H12ClNO6/c17-9-2-1-7(5-8(9)15(22)23)18-13(20)11-10-3-4-16(6-19,24-10)12(11)14(18)21/h1-5,10-12,19H,6H2,(H,22,23)/t10-,11-,12-,16+/m0/s1. The van der Waals surface area contributed by atoms with Crippen LogP contribution in [0.5, 0.6) is 0 Å². The summed E-state index contributed by atoms with van der Waals surface area (Å²) in [4.78, 5) is 37.7. The lowest BCUT2D eigenvalue weighted by Gasteiger charge is -2.26. The Kier molecular flexibility index (Phi) is 3.12. The lowest BCUT2D eigenvalue weighted by Crippen LogP contribution is -2.43. The van der Waals surface area contributed by atoms with Crippen molar-refractivity contribution in [2.24, 2.45) is 11.8 Å². The van der Waals surface area contributed by atoms with Crippen molar-refractivity contribution >= 4 is 35.1 Å². The Hall–Kier alpha value is -2.22. The molecule has 124 valence electrons. The lowest BCUT2D eigenvalue weighted by atomic mass is 9.77. The predicted molar refractivity (Wildman–Crippen MR) is 81.7 cm³/mol. The Morgan fingerprint density at radius 2 is 2.08 bits per heavy atom. The average molecular weight is 350 g/mol. The van der Waals surface area contributed by atoms with Crippen molar-refractivity contribution in [3.63, 3.8) is 0 Å². The predicted octanol–water partition coefficient (Wildman–Crippen LogP) is 0.843. The first-order chi connectivity index (χ1) is 11.4. The van der Waals surface area contributed by atoms with Crippen LogP contribution in [-0.4, -0.2) is 46.3 Å². The van der Waals surface area contributed by atoms with Crippen LogP contribution in [0.4, 0.5) is 5.69 Å². The molecule has 2 amide bonds. The lowest BCUT2D eigenvalue weighted by molar-refractivity contribution is -0.128. The SMILES string of the molecule is O=C(O)c1cc(N2C(=O)[C@H]3[C@@H]4C=C[C@](CO)(O4)[C@@H]3C2=O)ccc1Cl. The molecule has 7 nitrogen and oxygen atoms in total. The number of benzene rings is 1. The van der Waals surface area contributed by atoms with E-state index in [1.54, 1.807) is 12.2 Å². The molecule has 4 rings (SSSR count). The van der Waals surface area contributed by atoms with Crippen LogP contribution in [0.2, 0.25) is 5.02 Å². The van der Waals surface area contributed by atoms with E-state index in [2.05, 4.69) is 0 Å². The highest BCUT2D eigenvalue weighted by molar-refractivity contribution is 6.34. The fourth-order valence-corrected chi connectivity index (χ4v) is 3.95. The van der Waals surface area contributed by atoms with Gasteiger partial charge < -0.3 is 14.9 Å². The van der Waals surface area contributed by atoms with Crippen LogP contribution in [0.15, 0.2) is 30.4 Å². The first-order valence-corrected chi connectivity index (χ1v) is 7.66. The van der Waals surface area contributed by atoms with Crippen molar-refractivity contribution < 1.29 is 29.3 Å². The third kappa shape index (κ3) is 1.77. The molecule has 2 saturated heterocycles. The number of rotatable bonds is 3. The number of amides is 2. The molecule has 3 aliphatic rings. The van der Waals surface area contributed by atoms with E-state index in [0.29, 0.717) is 0 Å². The first kappa shape index (κ1) is 15.3. The third-order valence-electron chi connectivity index (χ3n) is 4.84. The molecule has 2 bridgehead atoms. The summed E-state index contributed by atoms with van der Waals surface area (Å²) in [5.74, 6) is -3.75. The number of aliphatic hydroxyl groups excluding tert-OH is 1. The number of nitrogens with zero attached hydrogens (tertiary/aromatic N) is 1. The highest BCUT2D eigenvalue weighted by Gasteiger charge is 2.67. The minimum absolute atomic E-state index is 0.0161. The van der Waals surface area contributed by atoms with Crippen LogP contribution in [0.3, 0.4) is 0 Å². The van der Waals surface area contributed by atoms with Gasteiger partial charge >= 0.3 is 5.97 Å². The zero-order chi connectivity index (χ0) is 17.2. The van der Waals surface area contributed by atoms with Crippen LogP contribution < -0.4 is 4.90 Å². The Morgan fingerprint density at radius 1 is 1.33 bits per heavy atom. The summed E-state index contributed by atoms with van der Waals surface area (Å²) in [5.41, 5.74) is -1.23. The van der Waals surface area contributed by atoms with Gasteiger partial charge in [-0.15, -0.1) is 0 Å².